The molecule has 1 heterocycles. The lowest BCUT2D eigenvalue weighted by atomic mass is 10.5. The molecule has 1 N–H and O–H groups in total. The summed E-state index contributed by atoms with van der Waals surface area (Å²) in [5, 5.41) is 8.67. The fourth-order valence-electron chi connectivity index (χ4n) is 1.41. The van der Waals surface area contributed by atoms with Gasteiger partial charge in [-0.05, 0) is 26.0 Å². The van der Waals surface area contributed by atoms with Gasteiger partial charge in [-0.1, -0.05) is 0 Å². The molecule has 7 heteroatoms. The standard InChI is InChI=1S/C11H15NO5S/c1-3-12(4-2)9(13)7-18(16)10-6-5-8(17-10)11(14)15/h5-6H,3-4,7H2,1-2H3,(H,14,15). The molecule has 1 atom stereocenters. The Hall–Kier alpha value is -1.63. The molecule has 1 unspecified atom stereocenters. The van der Waals surface area contributed by atoms with Crippen LogP contribution in [0.2, 0.25) is 0 Å². The number of furan rings is 1. The van der Waals surface area contributed by atoms with Crippen molar-refractivity contribution in [1.82, 2.24) is 4.90 Å². The highest BCUT2D eigenvalue weighted by atomic mass is 32.2. The monoisotopic (exact) mass is 273 g/mol. The molecule has 100 valence electrons. The Kier molecular flexibility index (Phi) is 5.08. The van der Waals surface area contributed by atoms with Crippen molar-refractivity contribution in [3.63, 3.8) is 0 Å². The smallest absolute Gasteiger partial charge is 0.371 e. The number of hydrogen-bond donors (Lipinski definition) is 1. The molecule has 1 aromatic rings. The van der Waals surface area contributed by atoms with Crippen molar-refractivity contribution in [3.8, 4) is 0 Å². The van der Waals surface area contributed by atoms with Crippen molar-refractivity contribution in [3.05, 3.63) is 17.9 Å². The zero-order chi connectivity index (χ0) is 13.7. The van der Waals surface area contributed by atoms with Crippen LogP contribution in [-0.4, -0.2) is 44.9 Å². The molecule has 0 saturated carbocycles. The number of carbonyl (C=O) groups is 2. The van der Waals surface area contributed by atoms with E-state index < -0.39 is 16.8 Å². The fraction of sp³-hybridized carbons (Fsp3) is 0.455. The molecule has 0 aliphatic rings. The number of carboxylic acid groups (broad SMARTS) is 1. The molecular weight excluding hydrogens is 258 g/mol. The quantitative estimate of drug-likeness (QED) is 0.833. The summed E-state index contributed by atoms with van der Waals surface area (Å²) in [5.41, 5.74) is 0. The van der Waals surface area contributed by atoms with Crippen LogP contribution in [0, 0.1) is 0 Å². The van der Waals surface area contributed by atoms with Gasteiger partial charge in [-0.3, -0.25) is 9.00 Å². The Bertz CT molecular complexity index is 464. The van der Waals surface area contributed by atoms with Crippen LogP contribution >= 0.6 is 0 Å². The summed E-state index contributed by atoms with van der Waals surface area (Å²) in [6.07, 6.45) is 0. The van der Waals surface area contributed by atoms with Gasteiger partial charge in [-0.25, -0.2) is 4.79 Å². The number of nitrogens with zero attached hydrogens (tertiary/aromatic N) is 1. The predicted molar refractivity (Wildman–Crippen MR) is 64.9 cm³/mol. The molecule has 0 radical (unpaired) electrons. The van der Waals surface area contributed by atoms with Crippen LogP contribution in [-0.2, 0) is 15.6 Å². The van der Waals surface area contributed by atoms with E-state index in [1.807, 2.05) is 13.8 Å². The summed E-state index contributed by atoms with van der Waals surface area (Å²) in [4.78, 5) is 23.9. The minimum Gasteiger partial charge on any atom is -0.475 e. The van der Waals surface area contributed by atoms with Gasteiger partial charge < -0.3 is 14.4 Å². The Morgan fingerprint density at radius 2 is 1.94 bits per heavy atom. The van der Waals surface area contributed by atoms with E-state index in [0.717, 1.165) is 0 Å². The van der Waals surface area contributed by atoms with Crippen LogP contribution in [0.4, 0.5) is 0 Å². The number of aromatic carboxylic acids is 1. The molecule has 0 saturated heterocycles. The first-order chi connectivity index (χ1) is 8.49. The lowest BCUT2D eigenvalue weighted by Crippen LogP contribution is -2.34. The number of rotatable bonds is 6. The van der Waals surface area contributed by atoms with Gasteiger partial charge in [0.1, 0.15) is 5.75 Å². The Labute approximate surface area is 107 Å². The number of hydrogen-bond acceptors (Lipinski definition) is 4. The third-order valence-electron chi connectivity index (χ3n) is 2.39. The van der Waals surface area contributed by atoms with Crippen molar-refractivity contribution < 1.29 is 23.3 Å². The second-order valence-corrected chi connectivity index (χ2v) is 4.86. The molecule has 0 aliphatic heterocycles. The largest absolute Gasteiger partial charge is 0.475 e. The van der Waals surface area contributed by atoms with Gasteiger partial charge in [-0.15, -0.1) is 0 Å². The molecule has 6 nitrogen and oxygen atoms in total. The van der Waals surface area contributed by atoms with Crippen LogP contribution in [0.1, 0.15) is 24.4 Å². The molecule has 1 amide bonds. The maximum Gasteiger partial charge on any atom is 0.371 e. The normalized spacial score (nSPS) is 12.1. The number of carboxylic acids is 1. The predicted octanol–water partition coefficient (Wildman–Crippen LogP) is 0.954. The second kappa shape index (κ2) is 6.34. The molecule has 0 aromatic carbocycles. The van der Waals surface area contributed by atoms with Crippen LogP contribution in [0.15, 0.2) is 21.6 Å². The number of carbonyl (C=O) groups excluding carboxylic acids is 1. The average Bonchev–Trinajstić information content (AvgIpc) is 2.79. The molecule has 1 rings (SSSR count). The topological polar surface area (TPSA) is 87.8 Å². The summed E-state index contributed by atoms with van der Waals surface area (Å²) in [5.74, 6) is -1.96. The first-order valence-electron chi connectivity index (χ1n) is 5.48. The van der Waals surface area contributed by atoms with E-state index in [4.69, 9.17) is 9.52 Å². The zero-order valence-corrected chi connectivity index (χ0v) is 11.0. The molecule has 0 bridgehead atoms. The van der Waals surface area contributed by atoms with Crippen molar-refractivity contribution in [2.75, 3.05) is 18.8 Å². The van der Waals surface area contributed by atoms with E-state index in [2.05, 4.69) is 0 Å². The first-order valence-corrected chi connectivity index (χ1v) is 6.80. The van der Waals surface area contributed by atoms with E-state index >= 15 is 0 Å². The van der Waals surface area contributed by atoms with Gasteiger partial charge in [0.25, 0.3) is 0 Å². The van der Waals surface area contributed by atoms with Gasteiger partial charge in [0.05, 0.1) is 10.8 Å². The first kappa shape index (κ1) is 14.4. The molecule has 0 aliphatic carbocycles. The third-order valence-corrected chi connectivity index (χ3v) is 3.56. The summed E-state index contributed by atoms with van der Waals surface area (Å²) >= 11 is 0. The van der Waals surface area contributed by atoms with Crippen LogP contribution in [0.5, 0.6) is 0 Å². The summed E-state index contributed by atoms with van der Waals surface area (Å²) < 4.78 is 16.7. The summed E-state index contributed by atoms with van der Waals surface area (Å²) in [6.45, 7) is 4.76. The Morgan fingerprint density at radius 3 is 2.39 bits per heavy atom. The minimum atomic E-state index is -1.65. The Morgan fingerprint density at radius 1 is 1.33 bits per heavy atom. The molecule has 0 fully saturated rings. The van der Waals surface area contributed by atoms with Crippen LogP contribution < -0.4 is 0 Å². The minimum absolute atomic E-state index is 0.00732. The highest BCUT2D eigenvalue weighted by molar-refractivity contribution is 7.85. The van der Waals surface area contributed by atoms with Gasteiger partial charge >= 0.3 is 5.97 Å². The molecular formula is C11H15NO5S. The maximum absolute atomic E-state index is 11.8. The van der Waals surface area contributed by atoms with Crippen molar-refractivity contribution in [2.45, 2.75) is 18.9 Å². The van der Waals surface area contributed by atoms with Crippen molar-refractivity contribution in [2.24, 2.45) is 0 Å². The van der Waals surface area contributed by atoms with Gasteiger partial charge in [-0.2, -0.15) is 0 Å². The third kappa shape index (κ3) is 3.43. The SMILES string of the molecule is CCN(CC)C(=O)CS(=O)c1ccc(C(=O)O)o1. The molecule has 0 spiro atoms. The van der Waals surface area contributed by atoms with E-state index in [1.165, 1.54) is 12.1 Å². The van der Waals surface area contributed by atoms with Crippen LogP contribution in [0.3, 0.4) is 0 Å². The van der Waals surface area contributed by atoms with E-state index in [-0.39, 0.29) is 22.5 Å². The van der Waals surface area contributed by atoms with E-state index in [9.17, 15) is 13.8 Å². The fourth-order valence-corrected chi connectivity index (χ4v) is 2.36. The van der Waals surface area contributed by atoms with Gasteiger partial charge in [0.2, 0.25) is 11.7 Å². The average molecular weight is 273 g/mol. The van der Waals surface area contributed by atoms with Crippen molar-refractivity contribution >= 4 is 22.7 Å². The number of amides is 1. The van der Waals surface area contributed by atoms with Crippen LogP contribution in [0.25, 0.3) is 0 Å². The molecule has 18 heavy (non-hydrogen) atoms. The van der Waals surface area contributed by atoms with Gasteiger partial charge in [0, 0.05) is 13.1 Å². The summed E-state index contributed by atoms with van der Waals surface area (Å²) in [6, 6.07) is 2.53. The van der Waals surface area contributed by atoms with E-state index in [1.54, 1.807) is 4.90 Å². The highest BCUT2D eigenvalue weighted by Crippen LogP contribution is 2.12. The molecule has 1 aromatic heterocycles. The maximum atomic E-state index is 11.8. The van der Waals surface area contributed by atoms with E-state index in [0.29, 0.717) is 13.1 Å². The lowest BCUT2D eigenvalue weighted by molar-refractivity contribution is -0.128. The van der Waals surface area contributed by atoms with Crippen molar-refractivity contribution in [1.29, 1.82) is 0 Å². The Balaban J connectivity index is 2.70. The summed E-state index contributed by atoms with van der Waals surface area (Å²) in [7, 11) is -1.65. The zero-order valence-electron chi connectivity index (χ0n) is 10.2. The second-order valence-electron chi connectivity index (χ2n) is 3.48. The lowest BCUT2D eigenvalue weighted by Gasteiger charge is -2.17. The highest BCUT2D eigenvalue weighted by Gasteiger charge is 2.18. The van der Waals surface area contributed by atoms with Gasteiger partial charge in [0.15, 0.2) is 5.09 Å².